The number of hydrogen-bond donors (Lipinski definition) is 0. The molecule has 0 N–H and O–H groups in total. The minimum absolute atomic E-state index is 0.397. The van der Waals surface area contributed by atoms with Crippen molar-refractivity contribution in [3.8, 4) is 11.5 Å². The van der Waals surface area contributed by atoms with Gasteiger partial charge in [0.05, 0.1) is 17.9 Å². The fourth-order valence-electron chi connectivity index (χ4n) is 2.90. The number of hydrogen-bond acceptors (Lipinski definition) is 4. The molecule has 0 saturated carbocycles. The molecule has 0 radical (unpaired) electrons. The van der Waals surface area contributed by atoms with Crippen molar-refractivity contribution < 1.29 is 14.3 Å². The molecule has 0 heterocycles. The lowest BCUT2D eigenvalue weighted by molar-refractivity contribution is 0.0734. The van der Waals surface area contributed by atoms with Crippen LogP contribution >= 0.6 is 0 Å². The smallest absolute Gasteiger partial charge is 0.343 e. The summed E-state index contributed by atoms with van der Waals surface area (Å²) in [6, 6.07) is 22.5. The van der Waals surface area contributed by atoms with Crippen LogP contribution in [0.3, 0.4) is 0 Å². The van der Waals surface area contributed by atoms with Crippen molar-refractivity contribution >= 4 is 17.9 Å². The molecular weight excluding hydrogens is 386 g/mol. The summed E-state index contributed by atoms with van der Waals surface area (Å²) in [6.07, 6.45) is 3.89. The van der Waals surface area contributed by atoms with Gasteiger partial charge in [0.25, 0.3) is 0 Å². The molecule has 0 saturated heterocycles. The van der Waals surface area contributed by atoms with Crippen molar-refractivity contribution in [1.82, 2.24) is 0 Å². The summed E-state index contributed by atoms with van der Waals surface area (Å²) in [5.74, 6) is 1.36. The van der Waals surface area contributed by atoms with Crippen LogP contribution in [0.25, 0.3) is 0 Å². The number of carbonyl (C=O) groups excluding carboxylic acids is 1. The van der Waals surface area contributed by atoms with Gasteiger partial charge in [-0.25, -0.2) is 4.79 Å². The highest BCUT2D eigenvalue weighted by Gasteiger charge is 2.09. The Labute approximate surface area is 184 Å². The van der Waals surface area contributed by atoms with Gasteiger partial charge in [-0.3, -0.25) is 4.99 Å². The summed E-state index contributed by atoms with van der Waals surface area (Å²) in [5.41, 5.74) is 3.62. The average Bonchev–Trinajstić information content (AvgIpc) is 2.79. The standard InChI is InChI=1S/C27H29NO3/c1-4-5-18-30-25-16-10-23(11-17-25)27(29)31-26-14-6-21(7-15-26)19-28-24-12-8-22(9-13-24)20(2)3/h6-17,19-20H,4-5,18H2,1-3H3. The van der Waals surface area contributed by atoms with Crippen molar-refractivity contribution in [2.24, 2.45) is 4.99 Å². The van der Waals surface area contributed by atoms with Crippen molar-refractivity contribution in [1.29, 1.82) is 0 Å². The zero-order valence-electron chi connectivity index (χ0n) is 18.4. The summed E-state index contributed by atoms with van der Waals surface area (Å²) in [6.45, 7) is 7.14. The first-order valence-electron chi connectivity index (χ1n) is 10.7. The largest absolute Gasteiger partial charge is 0.494 e. The zero-order valence-corrected chi connectivity index (χ0v) is 18.4. The summed E-state index contributed by atoms with van der Waals surface area (Å²) >= 11 is 0. The van der Waals surface area contributed by atoms with Gasteiger partial charge in [-0.1, -0.05) is 39.3 Å². The van der Waals surface area contributed by atoms with Gasteiger partial charge >= 0.3 is 5.97 Å². The number of esters is 1. The highest BCUT2D eigenvalue weighted by Crippen LogP contribution is 2.20. The van der Waals surface area contributed by atoms with Gasteiger partial charge in [-0.2, -0.15) is 0 Å². The Kier molecular flexibility index (Phi) is 7.99. The topological polar surface area (TPSA) is 47.9 Å². The molecule has 0 amide bonds. The third-order valence-electron chi connectivity index (χ3n) is 4.87. The maximum atomic E-state index is 12.4. The lowest BCUT2D eigenvalue weighted by Gasteiger charge is -2.07. The van der Waals surface area contributed by atoms with E-state index in [1.807, 2.05) is 24.3 Å². The fraction of sp³-hybridized carbons (Fsp3) is 0.259. The van der Waals surface area contributed by atoms with Crippen molar-refractivity contribution in [3.05, 3.63) is 89.5 Å². The third-order valence-corrected chi connectivity index (χ3v) is 4.87. The van der Waals surface area contributed by atoms with Crippen LogP contribution < -0.4 is 9.47 Å². The number of carbonyl (C=O) groups is 1. The molecule has 0 spiro atoms. The van der Waals surface area contributed by atoms with Crippen LogP contribution in [0.5, 0.6) is 11.5 Å². The molecule has 31 heavy (non-hydrogen) atoms. The van der Waals surface area contributed by atoms with E-state index in [2.05, 4.69) is 37.9 Å². The van der Waals surface area contributed by atoms with E-state index in [1.54, 1.807) is 42.6 Å². The molecule has 4 heteroatoms. The minimum Gasteiger partial charge on any atom is -0.494 e. The molecule has 3 aromatic carbocycles. The van der Waals surface area contributed by atoms with Crippen LogP contribution in [0.2, 0.25) is 0 Å². The lowest BCUT2D eigenvalue weighted by Crippen LogP contribution is -2.08. The molecule has 0 fully saturated rings. The number of aliphatic imine (C=N–C) groups is 1. The third kappa shape index (κ3) is 6.82. The van der Waals surface area contributed by atoms with E-state index >= 15 is 0 Å². The zero-order chi connectivity index (χ0) is 22.1. The van der Waals surface area contributed by atoms with E-state index in [1.165, 1.54) is 5.56 Å². The number of nitrogens with zero attached hydrogens (tertiary/aromatic N) is 1. The van der Waals surface area contributed by atoms with Gasteiger partial charge in [-0.05, 0) is 84.1 Å². The number of unbranched alkanes of at least 4 members (excludes halogenated alkanes) is 1. The normalized spacial score (nSPS) is 11.1. The average molecular weight is 416 g/mol. The summed E-state index contributed by atoms with van der Waals surface area (Å²) in [4.78, 5) is 16.9. The summed E-state index contributed by atoms with van der Waals surface area (Å²) in [5, 5.41) is 0. The van der Waals surface area contributed by atoms with Crippen LogP contribution in [-0.4, -0.2) is 18.8 Å². The second kappa shape index (κ2) is 11.1. The monoisotopic (exact) mass is 415 g/mol. The Bertz CT molecular complexity index is 988. The first-order chi connectivity index (χ1) is 15.0. The molecular formula is C27H29NO3. The van der Waals surface area contributed by atoms with E-state index in [9.17, 15) is 4.79 Å². The number of ether oxygens (including phenoxy) is 2. The molecule has 0 atom stereocenters. The van der Waals surface area contributed by atoms with Gasteiger partial charge in [0.15, 0.2) is 0 Å². The maximum Gasteiger partial charge on any atom is 0.343 e. The van der Waals surface area contributed by atoms with Gasteiger partial charge in [0, 0.05) is 6.21 Å². The predicted molar refractivity (Wildman–Crippen MR) is 126 cm³/mol. The molecule has 0 aromatic heterocycles. The van der Waals surface area contributed by atoms with E-state index in [0.717, 1.165) is 29.8 Å². The quantitative estimate of drug-likeness (QED) is 0.164. The summed E-state index contributed by atoms with van der Waals surface area (Å²) < 4.78 is 11.1. The Morgan fingerprint density at radius 1 is 0.903 bits per heavy atom. The van der Waals surface area contributed by atoms with E-state index in [0.29, 0.717) is 23.8 Å². The molecule has 160 valence electrons. The maximum absolute atomic E-state index is 12.4. The Morgan fingerprint density at radius 2 is 1.55 bits per heavy atom. The molecule has 0 aliphatic carbocycles. The molecule has 3 rings (SSSR count). The Hall–Kier alpha value is -3.40. The minimum atomic E-state index is -0.397. The second-order valence-electron chi connectivity index (χ2n) is 7.69. The van der Waals surface area contributed by atoms with Gasteiger partial charge in [0.2, 0.25) is 0 Å². The first-order valence-corrected chi connectivity index (χ1v) is 10.7. The summed E-state index contributed by atoms with van der Waals surface area (Å²) in [7, 11) is 0. The van der Waals surface area contributed by atoms with E-state index in [-0.39, 0.29) is 0 Å². The number of benzene rings is 3. The second-order valence-corrected chi connectivity index (χ2v) is 7.69. The van der Waals surface area contributed by atoms with E-state index in [4.69, 9.17) is 9.47 Å². The van der Waals surface area contributed by atoms with Crippen LogP contribution in [0.15, 0.2) is 77.8 Å². The molecule has 0 bridgehead atoms. The Balaban J connectivity index is 1.55. The van der Waals surface area contributed by atoms with Crippen LogP contribution in [0, 0.1) is 0 Å². The predicted octanol–water partition coefficient (Wildman–Crippen LogP) is 6.96. The molecule has 3 aromatic rings. The molecule has 0 aliphatic heterocycles. The van der Waals surface area contributed by atoms with Gasteiger partial charge in [-0.15, -0.1) is 0 Å². The highest BCUT2D eigenvalue weighted by atomic mass is 16.5. The first kappa shape index (κ1) is 22.3. The van der Waals surface area contributed by atoms with E-state index < -0.39 is 5.97 Å². The number of rotatable bonds is 9. The van der Waals surface area contributed by atoms with Crippen molar-refractivity contribution in [3.63, 3.8) is 0 Å². The fourth-order valence-corrected chi connectivity index (χ4v) is 2.90. The van der Waals surface area contributed by atoms with Crippen LogP contribution in [0.1, 0.15) is 61.0 Å². The van der Waals surface area contributed by atoms with Crippen molar-refractivity contribution in [2.45, 2.75) is 39.5 Å². The molecule has 0 aliphatic rings. The molecule has 0 unspecified atom stereocenters. The lowest BCUT2D eigenvalue weighted by atomic mass is 10.0. The van der Waals surface area contributed by atoms with Gasteiger partial charge < -0.3 is 9.47 Å². The van der Waals surface area contributed by atoms with Crippen LogP contribution in [0.4, 0.5) is 5.69 Å². The highest BCUT2D eigenvalue weighted by molar-refractivity contribution is 5.91. The molecule has 4 nitrogen and oxygen atoms in total. The Morgan fingerprint density at radius 3 is 2.16 bits per heavy atom. The van der Waals surface area contributed by atoms with Crippen molar-refractivity contribution in [2.75, 3.05) is 6.61 Å². The SMILES string of the molecule is CCCCOc1ccc(C(=O)Oc2ccc(C=Nc3ccc(C(C)C)cc3)cc2)cc1. The van der Waals surface area contributed by atoms with Crippen LogP contribution in [-0.2, 0) is 0 Å². The van der Waals surface area contributed by atoms with Gasteiger partial charge in [0.1, 0.15) is 11.5 Å².